The Morgan fingerprint density at radius 3 is 2.76 bits per heavy atom. The van der Waals surface area contributed by atoms with Crippen molar-refractivity contribution in [3.63, 3.8) is 0 Å². The number of rotatable bonds is 3. The predicted octanol–water partition coefficient (Wildman–Crippen LogP) is 2.78. The molecule has 0 saturated heterocycles. The summed E-state index contributed by atoms with van der Waals surface area (Å²) in [6, 6.07) is 0. The third-order valence-corrected chi connectivity index (χ3v) is 2.84. The molecule has 1 fully saturated rings. The molecule has 1 aromatic heterocycles. The van der Waals surface area contributed by atoms with E-state index in [0.29, 0.717) is 11.4 Å². The van der Waals surface area contributed by atoms with Crippen LogP contribution in [0.5, 0.6) is 0 Å². The fraction of sp³-hybridized carbons (Fsp3) is 0.636. The molecule has 0 aliphatic heterocycles. The van der Waals surface area contributed by atoms with Crippen molar-refractivity contribution in [3.05, 3.63) is 12.0 Å². The summed E-state index contributed by atoms with van der Waals surface area (Å²) in [7, 11) is 0. The van der Waals surface area contributed by atoms with Crippen LogP contribution in [0, 0.1) is 5.92 Å². The fourth-order valence-electron chi connectivity index (χ4n) is 1.84. The molecule has 1 aromatic rings. The van der Waals surface area contributed by atoms with Crippen molar-refractivity contribution < 1.29 is 18.1 Å². The van der Waals surface area contributed by atoms with Gasteiger partial charge in [-0.15, -0.1) is 0 Å². The van der Waals surface area contributed by atoms with Crippen molar-refractivity contribution in [3.8, 4) is 0 Å². The number of nitrogens with one attached hydrogen (secondary N) is 1. The molecular formula is C11H14F2N2O2. The summed E-state index contributed by atoms with van der Waals surface area (Å²) in [5.74, 6) is -3.04. The van der Waals surface area contributed by atoms with E-state index >= 15 is 0 Å². The van der Waals surface area contributed by atoms with Crippen LogP contribution in [0.1, 0.15) is 38.4 Å². The summed E-state index contributed by atoms with van der Waals surface area (Å²) in [6.45, 7) is 3.79. The second kappa shape index (κ2) is 4.09. The number of hydrogen-bond donors (Lipinski definition) is 1. The second-order valence-corrected chi connectivity index (χ2v) is 4.71. The van der Waals surface area contributed by atoms with Gasteiger partial charge in [-0.1, -0.05) is 19.0 Å². The van der Waals surface area contributed by atoms with E-state index in [-0.39, 0.29) is 24.7 Å². The highest BCUT2D eigenvalue weighted by Crippen LogP contribution is 2.43. The maximum Gasteiger partial charge on any atom is 0.249 e. The van der Waals surface area contributed by atoms with E-state index in [4.69, 9.17) is 4.52 Å². The molecule has 0 aromatic carbocycles. The zero-order chi connectivity index (χ0) is 12.6. The first-order valence-corrected chi connectivity index (χ1v) is 5.52. The zero-order valence-electron chi connectivity index (χ0n) is 9.67. The molecule has 1 N–H and O–H groups in total. The van der Waals surface area contributed by atoms with Crippen molar-refractivity contribution in [2.24, 2.45) is 5.92 Å². The van der Waals surface area contributed by atoms with Gasteiger partial charge in [0.05, 0.1) is 6.20 Å². The van der Waals surface area contributed by atoms with Crippen LogP contribution in [0.15, 0.2) is 10.7 Å². The van der Waals surface area contributed by atoms with Crippen molar-refractivity contribution in [2.45, 2.75) is 38.5 Å². The zero-order valence-corrected chi connectivity index (χ0v) is 9.67. The van der Waals surface area contributed by atoms with E-state index in [0.717, 1.165) is 0 Å². The van der Waals surface area contributed by atoms with Crippen LogP contribution in [0.4, 0.5) is 14.5 Å². The first-order valence-electron chi connectivity index (χ1n) is 5.52. The molecule has 1 aliphatic carbocycles. The third kappa shape index (κ3) is 2.45. The van der Waals surface area contributed by atoms with Gasteiger partial charge in [0, 0.05) is 24.7 Å². The lowest BCUT2D eigenvalue weighted by Gasteiger charge is -2.33. The Balaban J connectivity index is 1.97. The highest BCUT2D eigenvalue weighted by molar-refractivity contribution is 5.93. The third-order valence-electron chi connectivity index (χ3n) is 2.84. The largest absolute Gasteiger partial charge is 0.359 e. The summed E-state index contributed by atoms with van der Waals surface area (Å²) >= 11 is 0. The van der Waals surface area contributed by atoms with Crippen LogP contribution >= 0.6 is 0 Å². The molecular weight excluding hydrogens is 230 g/mol. The van der Waals surface area contributed by atoms with Gasteiger partial charge in [0.25, 0.3) is 0 Å². The molecule has 4 nitrogen and oxygen atoms in total. The Hall–Kier alpha value is -1.46. The minimum Gasteiger partial charge on any atom is -0.359 e. The molecule has 17 heavy (non-hydrogen) atoms. The minimum absolute atomic E-state index is 0.0793. The van der Waals surface area contributed by atoms with Crippen LogP contribution in [0.2, 0.25) is 0 Å². The number of hydrogen-bond acceptors (Lipinski definition) is 3. The van der Waals surface area contributed by atoms with Crippen molar-refractivity contribution >= 4 is 11.6 Å². The van der Waals surface area contributed by atoms with E-state index in [1.165, 1.54) is 6.20 Å². The summed E-state index contributed by atoms with van der Waals surface area (Å²) in [5.41, 5.74) is 0.472. The molecule has 0 radical (unpaired) electrons. The van der Waals surface area contributed by atoms with E-state index in [2.05, 4.69) is 10.5 Å². The molecule has 1 amide bonds. The molecule has 1 aliphatic rings. The highest BCUT2D eigenvalue weighted by Gasteiger charge is 2.48. The highest BCUT2D eigenvalue weighted by atomic mass is 19.3. The second-order valence-electron chi connectivity index (χ2n) is 4.71. The Labute approximate surface area is 97.4 Å². The van der Waals surface area contributed by atoms with Gasteiger partial charge in [-0.25, -0.2) is 8.78 Å². The molecule has 1 saturated carbocycles. The maximum absolute atomic E-state index is 12.6. The number of alkyl halides is 2. The lowest BCUT2D eigenvalue weighted by atomic mass is 9.81. The summed E-state index contributed by atoms with van der Waals surface area (Å²) in [5, 5.41) is 6.17. The van der Waals surface area contributed by atoms with Crippen molar-refractivity contribution in [1.82, 2.24) is 5.16 Å². The van der Waals surface area contributed by atoms with Gasteiger partial charge >= 0.3 is 0 Å². The Morgan fingerprint density at radius 2 is 2.24 bits per heavy atom. The Kier molecular flexibility index (Phi) is 2.89. The van der Waals surface area contributed by atoms with Gasteiger partial charge in [0.2, 0.25) is 11.8 Å². The predicted molar refractivity (Wildman–Crippen MR) is 56.9 cm³/mol. The molecule has 1 heterocycles. The van der Waals surface area contributed by atoms with Crippen molar-refractivity contribution in [1.29, 1.82) is 0 Å². The SMILES string of the molecule is CC(C)c1oncc1NC(=O)C1CC(F)(F)C1. The normalized spacial score (nSPS) is 19.1. The monoisotopic (exact) mass is 244 g/mol. The van der Waals surface area contributed by atoms with Crippen LogP contribution in [-0.2, 0) is 4.79 Å². The first kappa shape index (κ1) is 12.0. The number of carbonyl (C=O) groups excluding carboxylic acids is 1. The summed E-state index contributed by atoms with van der Waals surface area (Å²) < 4.78 is 30.2. The number of carbonyl (C=O) groups is 1. The fourth-order valence-corrected chi connectivity index (χ4v) is 1.84. The standard InChI is InChI=1S/C11H14F2N2O2/c1-6(2)9-8(5-14-17-9)15-10(16)7-3-11(12,13)4-7/h5-7H,3-4H2,1-2H3,(H,15,16). The van der Waals surface area contributed by atoms with Crippen LogP contribution in [0.3, 0.4) is 0 Å². The van der Waals surface area contributed by atoms with E-state index in [1.807, 2.05) is 13.8 Å². The topological polar surface area (TPSA) is 55.1 Å². The maximum atomic E-state index is 12.6. The first-order chi connectivity index (χ1) is 7.89. The number of anilines is 1. The van der Waals surface area contributed by atoms with Gasteiger partial charge in [-0.05, 0) is 0 Å². The van der Waals surface area contributed by atoms with E-state index in [1.54, 1.807) is 0 Å². The number of amides is 1. The number of halogens is 2. The van der Waals surface area contributed by atoms with Gasteiger partial charge in [0.1, 0.15) is 5.69 Å². The molecule has 6 heteroatoms. The molecule has 2 rings (SSSR count). The molecule has 0 bridgehead atoms. The van der Waals surface area contributed by atoms with Crippen molar-refractivity contribution in [2.75, 3.05) is 5.32 Å². The van der Waals surface area contributed by atoms with Gasteiger partial charge in [-0.2, -0.15) is 0 Å². The van der Waals surface area contributed by atoms with Gasteiger partial charge in [0.15, 0.2) is 5.76 Å². The molecule has 0 atom stereocenters. The number of aromatic nitrogens is 1. The van der Waals surface area contributed by atoms with Gasteiger partial charge < -0.3 is 9.84 Å². The summed E-state index contributed by atoms with van der Waals surface area (Å²) in [4.78, 5) is 11.6. The molecule has 94 valence electrons. The van der Waals surface area contributed by atoms with E-state index in [9.17, 15) is 13.6 Å². The van der Waals surface area contributed by atoms with Crippen LogP contribution < -0.4 is 5.32 Å². The number of nitrogens with zero attached hydrogens (tertiary/aromatic N) is 1. The lowest BCUT2D eigenvalue weighted by molar-refractivity contribution is -0.145. The Bertz CT molecular complexity index is 421. The smallest absolute Gasteiger partial charge is 0.249 e. The van der Waals surface area contributed by atoms with Gasteiger partial charge in [-0.3, -0.25) is 4.79 Å². The average molecular weight is 244 g/mol. The van der Waals surface area contributed by atoms with E-state index < -0.39 is 11.8 Å². The Morgan fingerprint density at radius 1 is 1.59 bits per heavy atom. The molecule has 0 unspecified atom stereocenters. The van der Waals surface area contributed by atoms with Crippen LogP contribution in [-0.4, -0.2) is 17.0 Å². The quantitative estimate of drug-likeness (QED) is 0.889. The summed E-state index contributed by atoms with van der Waals surface area (Å²) in [6.07, 6.45) is 0.645. The molecule has 0 spiro atoms. The minimum atomic E-state index is -2.68. The van der Waals surface area contributed by atoms with Crippen LogP contribution in [0.25, 0.3) is 0 Å². The average Bonchev–Trinajstić information content (AvgIpc) is 2.61. The lowest BCUT2D eigenvalue weighted by Crippen LogP contribution is -2.42.